The fourth-order valence-electron chi connectivity index (χ4n) is 3.51. The molecule has 1 aromatic carbocycles. The second-order valence-electron chi connectivity index (χ2n) is 6.97. The Hall–Kier alpha value is -2.81. The highest BCUT2D eigenvalue weighted by molar-refractivity contribution is 7.09. The van der Waals surface area contributed by atoms with Gasteiger partial charge in [0.2, 0.25) is 5.91 Å². The number of aryl methyl sites for hydroxylation is 1. The molecular formula is C20H20F2N4O2S. The first kappa shape index (κ1) is 19.5. The summed E-state index contributed by atoms with van der Waals surface area (Å²) in [6.07, 6.45) is 3.59. The average Bonchev–Trinajstić information content (AvgIpc) is 3.22. The summed E-state index contributed by atoms with van der Waals surface area (Å²) >= 11 is 1.43. The van der Waals surface area contributed by atoms with E-state index in [9.17, 15) is 18.4 Å². The topological polar surface area (TPSA) is 60.1 Å². The maximum absolute atomic E-state index is 14.4. The molecule has 4 rings (SSSR count). The number of halogens is 2. The molecule has 6 nitrogen and oxygen atoms in total. The van der Waals surface area contributed by atoms with Crippen molar-refractivity contribution in [1.82, 2.24) is 14.3 Å². The van der Waals surface area contributed by atoms with Gasteiger partial charge in [0.15, 0.2) is 0 Å². The van der Waals surface area contributed by atoms with E-state index in [4.69, 9.17) is 0 Å². The lowest BCUT2D eigenvalue weighted by Crippen LogP contribution is -2.37. The van der Waals surface area contributed by atoms with Crippen molar-refractivity contribution in [2.45, 2.75) is 45.3 Å². The van der Waals surface area contributed by atoms with Crippen molar-refractivity contribution in [2.75, 3.05) is 4.90 Å². The molecule has 0 saturated carbocycles. The Labute approximate surface area is 170 Å². The van der Waals surface area contributed by atoms with Gasteiger partial charge in [-0.2, -0.15) is 5.10 Å². The smallest absolute Gasteiger partial charge is 0.303 e. The van der Waals surface area contributed by atoms with Crippen molar-refractivity contribution in [3.05, 3.63) is 68.5 Å². The third-order valence-corrected chi connectivity index (χ3v) is 5.82. The Morgan fingerprint density at radius 2 is 2.07 bits per heavy atom. The molecule has 0 radical (unpaired) electrons. The van der Waals surface area contributed by atoms with Gasteiger partial charge in [0, 0.05) is 23.9 Å². The molecule has 29 heavy (non-hydrogen) atoms. The number of hydrogen-bond donors (Lipinski definition) is 0. The van der Waals surface area contributed by atoms with Crippen LogP contribution in [0, 0.1) is 11.6 Å². The zero-order chi connectivity index (χ0) is 20.4. The van der Waals surface area contributed by atoms with Gasteiger partial charge >= 0.3 is 5.69 Å². The minimum absolute atomic E-state index is 0.0291. The molecule has 0 unspecified atom stereocenters. The SMILES string of the molecule is O=C(Cn1nc2n(c1=O)CCCCC2)N(Cc1cccs1)c1ccc(F)cc1F. The number of thiophene rings is 1. The second kappa shape index (κ2) is 8.28. The molecule has 0 aliphatic carbocycles. The van der Waals surface area contributed by atoms with Crippen molar-refractivity contribution >= 4 is 22.9 Å². The zero-order valence-electron chi connectivity index (χ0n) is 15.7. The Kier molecular flexibility index (Phi) is 5.57. The molecule has 0 atom stereocenters. The number of benzene rings is 1. The standard InChI is InChI=1S/C20H20F2N4O2S/c21-14-7-8-17(16(22)11-14)25(12-15-5-4-10-29-15)19(27)13-26-20(28)24-9-3-1-2-6-18(24)23-26/h4-5,7-8,10-11H,1-3,6,9,12-13H2. The Balaban J connectivity index is 1.64. The first-order chi connectivity index (χ1) is 14.0. The summed E-state index contributed by atoms with van der Waals surface area (Å²) in [6, 6.07) is 6.76. The van der Waals surface area contributed by atoms with Gasteiger partial charge < -0.3 is 4.90 Å². The van der Waals surface area contributed by atoms with Crippen LogP contribution in [0.25, 0.3) is 0 Å². The van der Waals surface area contributed by atoms with E-state index in [0.29, 0.717) is 18.8 Å². The highest BCUT2D eigenvalue weighted by atomic mass is 32.1. The highest BCUT2D eigenvalue weighted by Crippen LogP contribution is 2.24. The number of carbonyl (C=O) groups is 1. The molecule has 152 valence electrons. The van der Waals surface area contributed by atoms with Crippen molar-refractivity contribution in [3.8, 4) is 0 Å². The van der Waals surface area contributed by atoms with E-state index >= 15 is 0 Å². The van der Waals surface area contributed by atoms with Crippen LogP contribution in [0.2, 0.25) is 0 Å². The van der Waals surface area contributed by atoms with Crippen molar-refractivity contribution in [3.63, 3.8) is 0 Å². The molecule has 1 amide bonds. The van der Waals surface area contributed by atoms with Crippen LogP contribution < -0.4 is 10.6 Å². The number of hydrogen-bond acceptors (Lipinski definition) is 4. The molecule has 0 fully saturated rings. The number of anilines is 1. The summed E-state index contributed by atoms with van der Waals surface area (Å²) in [5.41, 5.74) is -0.357. The van der Waals surface area contributed by atoms with Crippen LogP contribution in [0.15, 0.2) is 40.5 Å². The zero-order valence-corrected chi connectivity index (χ0v) is 16.5. The molecule has 0 bridgehead atoms. The molecule has 3 aromatic rings. The van der Waals surface area contributed by atoms with E-state index in [-0.39, 0.29) is 24.5 Å². The van der Waals surface area contributed by atoms with Crippen LogP contribution in [0.5, 0.6) is 0 Å². The van der Waals surface area contributed by atoms with Gasteiger partial charge in [0.25, 0.3) is 0 Å². The Morgan fingerprint density at radius 1 is 1.21 bits per heavy atom. The Bertz CT molecular complexity index is 1070. The van der Waals surface area contributed by atoms with Gasteiger partial charge in [-0.05, 0) is 36.4 Å². The summed E-state index contributed by atoms with van der Waals surface area (Å²) in [4.78, 5) is 27.8. The quantitative estimate of drug-likeness (QED) is 0.639. The monoisotopic (exact) mass is 418 g/mol. The molecular weight excluding hydrogens is 398 g/mol. The van der Waals surface area contributed by atoms with E-state index in [2.05, 4.69) is 5.10 Å². The van der Waals surface area contributed by atoms with Crippen LogP contribution in [-0.2, 0) is 30.8 Å². The lowest BCUT2D eigenvalue weighted by atomic mass is 10.2. The number of nitrogens with zero attached hydrogens (tertiary/aromatic N) is 4. The fourth-order valence-corrected chi connectivity index (χ4v) is 4.20. The predicted molar refractivity (Wildman–Crippen MR) is 106 cm³/mol. The number of fused-ring (bicyclic) bond motifs is 1. The van der Waals surface area contributed by atoms with Crippen LogP contribution in [0.3, 0.4) is 0 Å². The molecule has 9 heteroatoms. The number of aromatic nitrogens is 3. The number of rotatable bonds is 5. The van der Waals surface area contributed by atoms with Gasteiger partial charge in [0.1, 0.15) is 24.0 Å². The first-order valence-electron chi connectivity index (χ1n) is 9.47. The summed E-state index contributed by atoms with van der Waals surface area (Å²) in [5.74, 6) is -1.36. The van der Waals surface area contributed by atoms with E-state index in [1.807, 2.05) is 17.5 Å². The summed E-state index contributed by atoms with van der Waals surface area (Å²) in [7, 11) is 0. The van der Waals surface area contributed by atoms with Crippen molar-refractivity contribution in [2.24, 2.45) is 0 Å². The molecule has 0 saturated heterocycles. The van der Waals surface area contributed by atoms with E-state index in [1.165, 1.54) is 22.3 Å². The first-order valence-corrected chi connectivity index (χ1v) is 10.4. The van der Waals surface area contributed by atoms with Crippen LogP contribution in [0.4, 0.5) is 14.5 Å². The van der Waals surface area contributed by atoms with E-state index in [1.54, 1.807) is 4.57 Å². The van der Waals surface area contributed by atoms with Crippen LogP contribution in [0.1, 0.15) is 30.0 Å². The minimum Gasteiger partial charge on any atom is -0.303 e. The molecule has 1 aliphatic rings. The number of carbonyl (C=O) groups excluding carboxylic acids is 1. The molecule has 2 aromatic heterocycles. The molecule has 1 aliphatic heterocycles. The van der Waals surface area contributed by atoms with Gasteiger partial charge in [-0.15, -0.1) is 11.3 Å². The van der Waals surface area contributed by atoms with Crippen molar-refractivity contribution < 1.29 is 13.6 Å². The second-order valence-corrected chi connectivity index (χ2v) is 8.01. The van der Waals surface area contributed by atoms with Gasteiger partial charge in [-0.25, -0.2) is 18.3 Å². The maximum Gasteiger partial charge on any atom is 0.346 e. The van der Waals surface area contributed by atoms with Gasteiger partial charge in [0.05, 0.1) is 12.2 Å². The lowest BCUT2D eigenvalue weighted by Gasteiger charge is -2.22. The third-order valence-electron chi connectivity index (χ3n) is 4.96. The van der Waals surface area contributed by atoms with Crippen LogP contribution >= 0.6 is 11.3 Å². The molecule has 3 heterocycles. The normalized spacial score (nSPS) is 13.7. The molecule has 0 spiro atoms. The summed E-state index contributed by atoms with van der Waals surface area (Å²) in [6.45, 7) is 0.413. The fraction of sp³-hybridized carbons (Fsp3) is 0.350. The third kappa shape index (κ3) is 4.14. The molecule has 0 N–H and O–H groups in total. The largest absolute Gasteiger partial charge is 0.346 e. The summed E-state index contributed by atoms with van der Waals surface area (Å²) in [5, 5.41) is 6.19. The Morgan fingerprint density at radius 3 is 2.83 bits per heavy atom. The lowest BCUT2D eigenvalue weighted by molar-refractivity contribution is -0.119. The highest BCUT2D eigenvalue weighted by Gasteiger charge is 2.24. The van der Waals surface area contributed by atoms with Gasteiger partial charge in [-0.3, -0.25) is 9.36 Å². The van der Waals surface area contributed by atoms with E-state index < -0.39 is 17.5 Å². The minimum atomic E-state index is -0.831. The average molecular weight is 418 g/mol. The van der Waals surface area contributed by atoms with E-state index in [0.717, 1.165) is 41.0 Å². The summed E-state index contributed by atoms with van der Waals surface area (Å²) < 4.78 is 30.5. The number of amides is 1. The maximum atomic E-state index is 14.4. The van der Waals surface area contributed by atoms with Crippen LogP contribution in [-0.4, -0.2) is 20.3 Å². The predicted octanol–water partition coefficient (Wildman–Crippen LogP) is 3.34. The van der Waals surface area contributed by atoms with Gasteiger partial charge in [-0.1, -0.05) is 12.5 Å². The van der Waals surface area contributed by atoms with Crippen molar-refractivity contribution in [1.29, 1.82) is 0 Å².